The van der Waals surface area contributed by atoms with E-state index in [-0.39, 0.29) is 13.2 Å². The van der Waals surface area contributed by atoms with Crippen LogP contribution in [0.1, 0.15) is 13.3 Å². The highest BCUT2D eigenvalue weighted by Crippen LogP contribution is 2.16. The van der Waals surface area contributed by atoms with Gasteiger partial charge in [-0.1, -0.05) is 19.1 Å². The van der Waals surface area contributed by atoms with Crippen LogP contribution in [-0.2, 0) is 0 Å². The van der Waals surface area contributed by atoms with Crippen molar-refractivity contribution >= 4 is 12.6 Å². The Kier molecular flexibility index (Phi) is 7.00. The Bertz CT molecular complexity index is 412. The van der Waals surface area contributed by atoms with Crippen LogP contribution in [-0.4, -0.2) is 54.5 Å². The average Bonchev–Trinajstić information content (AvgIpc) is 2.37. The molecule has 0 aliphatic heterocycles. The van der Waals surface area contributed by atoms with E-state index in [1.54, 1.807) is 12.1 Å². The van der Waals surface area contributed by atoms with E-state index in [0.29, 0.717) is 24.2 Å². The second kappa shape index (κ2) is 8.26. The molecule has 2 N–H and O–H groups in total. The summed E-state index contributed by atoms with van der Waals surface area (Å²) in [7, 11) is -1.55. The normalized spacial score (nSPS) is 11.8. The van der Waals surface area contributed by atoms with Crippen LogP contribution in [0.5, 0.6) is 5.75 Å². The van der Waals surface area contributed by atoms with Gasteiger partial charge >= 0.3 is 13.3 Å². The van der Waals surface area contributed by atoms with Gasteiger partial charge in [-0.05, 0) is 30.6 Å². The van der Waals surface area contributed by atoms with Crippen molar-refractivity contribution < 1.29 is 28.0 Å². The highest BCUT2D eigenvalue weighted by molar-refractivity contribution is 6.58. The first-order valence-electron chi connectivity index (χ1n) is 6.70. The van der Waals surface area contributed by atoms with Crippen molar-refractivity contribution in [3.63, 3.8) is 0 Å². The van der Waals surface area contributed by atoms with Crippen LogP contribution in [0.3, 0.4) is 0 Å². The monoisotopic (exact) mass is 305 g/mol. The summed E-state index contributed by atoms with van der Waals surface area (Å²) >= 11 is 0. The smallest absolute Gasteiger partial charge is 0.488 e. The number of ether oxygens (including phenoxy) is 1. The van der Waals surface area contributed by atoms with E-state index in [4.69, 9.17) is 14.8 Å². The molecule has 0 spiro atoms. The molecule has 8 heteroatoms. The van der Waals surface area contributed by atoms with Gasteiger partial charge in [-0.3, -0.25) is 4.90 Å². The van der Waals surface area contributed by atoms with Gasteiger partial charge in [-0.15, -0.1) is 0 Å². The zero-order valence-electron chi connectivity index (χ0n) is 11.8. The molecular weight excluding hydrogens is 286 g/mol. The lowest BCUT2D eigenvalue weighted by Crippen LogP contribution is -2.37. The molecule has 0 fully saturated rings. The molecule has 0 saturated heterocycles. The van der Waals surface area contributed by atoms with Crippen molar-refractivity contribution in [3.8, 4) is 5.75 Å². The first-order valence-corrected chi connectivity index (χ1v) is 6.70. The third-order valence-corrected chi connectivity index (χ3v) is 2.80. The summed E-state index contributed by atoms with van der Waals surface area (Å²) in [4.78, 5) is 1.30. The summed E-state index contributed by atoms with van der Waals surface area (Å²) in [5.74, 6) is 0.475. The number of rotatable bonds is 8. The molecule has 0 radical (unpaired) electrons. The van der Waals surface area contributed by atoms with Gasteiger partial charge in [0.15, 0.2) is 0 Å². The predicted octanol–water partition coefficient (Wildman–Crippen LogP) is 1.02. The Hall–Kier alpha value is -1.25. The number of nitrogens with zero attached hydrogens (tertiary/aromatic N) is 1. The van der Waals surface area contributed by atoms with Gasteiger partial charge in [-0.25, -0.2) is 0 Å². The first-order chi connectivity index (χ1) is 9.81. The molecule has 0 atom stereocenters. The second-order valence-electron chi connectivity index (χ2n) is 4.68. The lowest BCUT2D eigenvalue weighted by Gasteiger charge is -2.23. The number of benzene rings is 1. The number of halogens is 3. The van der Waals surface area contributed by atoms with E-state index in [0.717, 1.165) is 0 Å². The molecule has 21 heavy (non-hydrogen) atoms. The summed E-state index contributed by atoms with van der Waals surface area (Å²) in [6.45, 7) is 1.55. The highest BCUT2D eigenvalue weighted by atomic mass is 19.4. The van der Waals surface area contributed by atoms with E-state index < -0.39 is 19.8 Å². The van der Waals surface area contributed by atoms with Crippen molar-refractivity contribution in [2.24, 2.45) is 0 Å². The molecular formula is C13H19BF3NO3. The van der Waals surface area contributed by atoms with Crippen molar-refractivity contribution in [3.05, 3.63) is 24.3 Å². The largest absolute Gasteiger partial charge is 0.492 e. The molecule has 0 amide bonds. The third-order valence-electron chi connectivity index (χ3n) is 2.80. The minimum absolute atomic E-state index is 0.136. The van der Waals surface area contributed by atoms with Gasteiger partial charge in [0.2, 0.25) is 0 Å². The Morgan fingerprint density at radius 2 is 1.76 bits per heavy atom. The van der Waals surface area contributed by atoms with Crippen LogP contribution < -0.4 is 10.2 Å². The van der Waals surface area contributed by atoms with Crippen molar-refractivity contribution in [1.29, 1.82) is 0 Å². The van der Waals surface area contributed by atoms with Gasteiger partial charge in [0.25, 0.3) is 0 Å². The average molecular weight is 305 g/mol. The summed E-state index contributed by atoms with van der Waals surface area (Å²) in [5.41, 5.74) is 0.326. The van der Waals surface area contributed by atoms with Crippen LogP contribution in [0.4, 0.5) is 13.2 Å². The topological polar surface area (TPSA) is 52.9 Å². The van der Waals surface area contributed by atoms with Gasteiger partial charge in [0, 0.05) is 6.54 Å². The zero-order chi connectivity index (χ0) is 15.9. The van der Waals surface area contributed by atoms with Gasteiger partial charge in [-0.2, -0.15) is 13.2 Å². The minimum atomic E-state index is -4.21. The molecule has 0 heterocycles. The van der Waals surface area contributed by atoms with Crippen LogP contribution >= 0.6 is 0 Å². The highest BCUT2D eigenvalue weighted by Gasteiger charge is 2.30. The number of hydrogen-bond donors (Lipinski definition) is 2. The summed E-state index contributed by atoms with van der Waals surface area (Å²) in [5, 5.41) is 17.9. The minimum Gasteiger partial charge on any atom is -0.492 e. The first kappa shape index (κ1) is 17.8. The van der Waals surface area contributed by atoms with E-state index in [2.05, 4.69) is 0 Å². The maximum Gasteiger partial charge on any atom is 0.488 e. The molecule has 1 aromatic rings. The quantitative estimate of drug-likeness (QED) is 0.704. The van der Waals surface area contributed by atoms with Crippen molar-refractivity contribution in [2.45, 2.75) is 19.5 Å². The van der Waals surface area contributed by atoms with Crippen LogP contribution in [0.25, 0.3) is 0 Å². The Morgan fingerprint density at radius 3 is 2.24 bits per heavy atom. The fourth-order valence-electron chi connectivity index (χ4n) is 1.87. The van der Waals surface area contributed by atoms with Crippen LogP contribution in [0.15, 0.2) is 24.3 Å². The molecule has 0 aliphatic carbocycles. The fourth-order valence-corrected chi connectivity index (χ4v) is 1.87. The Balaban J connectivity index is 2.42. The molecule has 118 valence electrons. The number of hydrogen-bond acceptors (Lipinski definition) is 4. The standard InChI is InChI=1S/C13H19BF3NO3/c1-2-7-18(10-13(15,16)17)8-9-21-12-5-3-11(4-6-12)14(19)20/h3-6,19-20H,2,7-10H2,1H3. The zero-order valence-corrected chi connectivity index (χ0v) is 11.8. The maximum atomic E-state index is 12.4. The summed E-state index contributed by atoms with van der Waals surface area (Å²) < 4.78 is 42.5. The van der Waals surface area contributed by atoms with E-state index in [9.17, 15) is 13.2 Å². The summed E-state index contributed by atoms with van der Waals surface area (Å²) in [6.07, 6.45) is -3.58. The van der Waals surface area contributed by atoms with Gasteiger partial charge in [0.05, 0.1) is 6.54 Å². The van der Waals surface area contributed by atoms with Crippen LogP contribution in [0.2, 0.25) is 0 Å². The molecule has 0 bridgehead atoms. The third kappa shape index (κ3) is 7.36. The molecule has 1 rings (SSSR count). The van der Waals surface area contributed by atoms with E-state index >= 15 is 0 Å². The SMILES string of the molecule is CCCN(CCOc1ccc(B(O)O)cc1)CC(F)(F)F. The molecule has 0 aliphatic rings. The van der Waals surface area contributed by atoms with Crippen molar-refractivity contribution in [1.82, 2.24) is 4.90 Å². The molecule has 4 nitrogen and oxygen atoms in total. The lowest BCUT2D eigenvalue weighted by molar-refractivity contribution is -0.146. The summed E-state index contributed by atoms with van der Waals surface area (Å²) in [6, 6.07) is 6.06. The van der Waals surface area contributed by atoms with Crippen molar-refractivity contribution in [2.75, 3.05) is 26.2 Å². The second-order valence-corrected chi connectivity index (χ2v) is 4.68. The lowest BCUT2D eigenvalue weighted by atomic mass is 9.80. The van der Waals surface area contributed by atoms with E-state index in [1.165, 1.54) is 17.0 Å². The molecule has 0 unspecified atom stereocenters. The molecule has 1 aromatic carbocycles. The van der Waals surface area contributed by atoms with Gasteiger partial charge in [0.1, 0.15) is 12.4 Å². The molecule has 0 aromatic heterocycles. The van der Waals surface area contributed by atoms with E-state index in [1.807, 2.05) is 6.92 Å². The van der Waals surface area contributed by atoms with Crippen LogP contribution in [0, 0.1) is 0 Å². The Labute approximate surface area is 122 Å². The maximum absolute atomic E-state index is 12.4. The number of alkyl halides is 3. The predicted molar refractivity (Wildman–Crippen MR) is 74.5 cm³/mol. The van der Waals surface area contributed by atoms with Gasteiger partial charge < -0.3 is 14.8 Å². The fraction of sp³-hybridized carbons (Fsp3) is 0.538. The Morgan fingerprint density at radius 1 is 1.14 bits per heavy atom. The molecule has 0 saturated carbocycles.